The molecule has 22 valence electrons. The van der Waals surface area contributed by atoms with E-state index in [0.29, 0.717) is 0 Å². The van der Waals surface area contributed by atoms with E-state index in [0.717, 1.165) is 0 Å². The van der Waals surface area contributed by atoms with Crippen LogP contribution in [0, 0.1) is 0 Å². The van der Waals surface area contributed by atoms with Crippen molar-refractivity contribution in [3.05, 3.63) is 0 Å². The number of halogens is 2. The summed E-state index contributed by atoms with van der Waals surface area (Å²) in [6.45, 7) is 0. The maximum absolute atomic E-state index is 9.57. The first-order valence-electron chi connectivity index (χ1n) is 0.823. The fourth-order valence-corrected chi connectivity index (χ4v) is 0. The van der Waals surface area contributed by atoms with Gasteiger partial charge in [0.15, 0.2) is 0 Å². The molecule has 0 rings (SSSR count). The van der Waals surface area contributed by atoms with Crippen LogP contribution in [0.2, 0.25) is 0 Å². The summed E-state index contributed by atoms with van der Waals surface area (Å²) < 4.78 is 9.57. The average Bonchev–Trinajstić information content (AvgIpc) is 0.811. The standard InChI is InChI=1S/2BrH.O.Zn/h2*1H;;/q;;;+2/p-2. The van der Waals surface area contributed by atoms with Gasteiger partial charge in [0.1, 0.15) is 0 Å². The topological polar surface area (TPSA) is 17.1 Å². The van der Waals surface area contributed by atoms with E-state index in [9.17, 15) is 3.57 Å². The van der Waals surface area contributed by atoms with Crippen molar-refractivity contribution in [2.75, 3.05) is 0 Å². The fourth-order valence-electron chi connectivity index (χ4n) is 0. The zero-order valence-corrected chi connectivity index (χ0v) is 8.01. The molecule has 0 saturated carbocycles. The summed E-state index contributed by atoms with van der Waals surface area (Å²) in [7, 11) is 0. The Kier molecular flexibility index (Phi) is 3.51. The van der Waals surface area contributed by atoms with Crippen molar-refractivity contribution in [2.45, 2.75) is 0 Å². The monoisotopic (exact) mass is 238 g/mol. The predicted molar refractivity (Wildman–Crippen MR) is 18.5 cm³/mol. The Balaban J connectivity index is 2.80. The molecule has 1 nitrogen and oxygen atoms in total. The molecule has 0 amide bonds. The van der Waals surface area contributed by atoms with E-state index < -0.39 is 12.0 Å². The predicted octanol–water partition coefficient (Wildman–Crippen LogP) is 1.57. The van der Waals surface area contributed by atoms with Crippen LogP contribution in [-0.2, 0) is 15.6 Å². The molecular formula is Br2OZn. The second-order valence-electron chi connectivity index (χ2n) is 0.319. The Morgan fingerprint density at radius 2 is 1.50 bits per heavy atom. The molecule has 0 spiro atoms. The molecule has 0 bridgehead atoms. The second kappa shape index (κ2) is 2.61. The zero-order valence-electron chi connectivity index (χ0n) is 1.87. The van der Waals surface area contributed by atoms with E-state index in [1.807, 2.05) is 0 Å². The molecule has 0 aromatic rings. The van der Waals surface area contributed by atoms with E-state index >= 15 is 0 Å². The summed E-state index contributed by atoms with van der Waals surface area (Å²) in [6, 6.07) is 0. The Labute approximate surface area is 42.6 Å². The Morgan fingerprint density at radius 1 is 1.50 bits per heavy atom. The first-order valence-corrected chi connectivity index (χ1v) is 15.9. The molecule has 0 aromatic carbocycles. The molecule has 0 N–H and O–H groups in total. The molecule has 0 saturated heterocycles. The van der Waals surface area contributed by atoms with Crippen molar-refractivity contribution >= 4 is 27.2 Å². The van der Waals surface area contributed by atoms with Crippen molar-refractivity contribution in [1.82, 2.24) is 0 Å². The third-order valence-corrected chi connectivity index (χ3v) is 0. The molecular weight excluding hydrogens is 241 g/mol. The Morgan fingerprint density at radius 3 is 1.50 bits per heavy atom. The first kappa shape index (κ1) is 5.38. The van der Waals surface area contributed by atoms with Crippen molar-refractivity contribution < 1.29 is 15.6 Å². The van der Waals surface area contributed by atoms with E-state index in [2.05, 4.69) is 27.2 Å². The Hall–Kier alpha value is 1.38. The zero-order chi connectivity index (χ0) is 3.58. The summed E-state index contributed by atoms with van der Waals surface area (Å²) in [5.74, 6) is 0. The van der Waals surface area contributed by atoms with Gasteiger partial charge in [-0.1, -0.05) is 0 Å². The van der Waals surface area contributed by atoms with Crippen LogP contribution < -0.4 is 0 Å². The van der Waals surface area contributed by atoms with Gasteiger partial charge in [-0.25, -0.2) is 0 Å². The molecule has 0 heterocycles. The third-order valence-electron chi connectivity index (χ3n) is 0. The summed E-state index contributed by atoms with van der Waals surface area (Å²) in [6.07, 6.45) is 0. The molecule has 0 aliphatic rings. The van der Waals surface area contributed by atoms with E-state index in [1.165, 1.54) is 0 Å². The number of hydrogen-bond donors (Lipinski definition) is 0. The molecule has 0 aromatic heterocycles. The third kappa shape index (κ3) is 10.0. The molecule has 0 aliphatic heterocycles. The number of hydrogen-bond acceptors (Lipinski definition) is 1. The van der Waals surface area contributed by atoms with Gasteiger partial charge in [-0.3, -0.25) is 0 Å². The van der Waals surface area contributed by atoms with Gasteiger partial charge < -0.3 is 0 Å². The van der Waals surface area contributed by atoms with Crippen LogP contribution in [0.1, 0.15) is 0 Å². The minimum absolute atomic E-state index is 2.25. The van der Waals surface area contributed by atoms with Gasteiger partial charge in [0.2, 0.25) is 0 Å². The summed E-state index contributed by atoms with van der Waals surface area (Å²) in [4.78, 5) is 0. The molecule has 4 heteroatoms. The van der Waals surface area contributed by atoms with Crippen LogP contribution in [0.15, 0.2) is 0 Å². The summed E-state index contributed by atoms with van der Waals surface area (Å²) in [5, 5.41) is 0. The van der Waals surface area contributed by atoms with Gasteiger partial charge in [-0.05, 0) is 0 Å². The summed E-state index contributed by atoms with van der Waals surface area (Å²) >= 11 is 3.43. The number of rotatable bonds is 0. The van der Waals surface area contributed by atoms with Crippen LogP contribution in [0.5, 0.6) is 0 Å². The van der Waals surface area contributed by atoms with E-state index in [4.69, 9.17) is 0 Å². The average molecular weight is 241 g/mol. The Bertz CT molecular complexity index is 29.0. The minimum atomic E-state index is -2.25. The van der Waals surface area contributed by atoms with Crippen LogP contribution in [0.4, 0.5) is 0 Å². The quantitative estimate of drug-likeness (QED) is 0.588. The van der Waals surface area contributed by atoms with Crippen molar-refractivity contribution in [3.8, 4) is 0 Å². The van der Waals surface area contributed by atoms with Gasteiger partial charge in [0.25, 0.3) is 0 Å². The van der Waals surface area contributed by atoms with Gasteiger partial charge >= 0.3 is 42.8 Å². The van der Waals surface area contributed by atoms with Gasteiger partial charge in [0.05, 0.1) is 0 Å². The normalized spacial score (nSPS) is 4.25. The van der Waals surface area contributed by atoms with Crippen molar-refractivity contribution in [2.24, 2.45) is 0 Å². The van der Waals surface area contributed by atoms with Gasteiger partial charge in [0, 0.05) is 0 Å². The van der Waals surface area contributed by atoms with Gasteiger partial charge in [-0.15, -0.1) is 0 Å². The second-order valence-corrected chi connectivity index (χ2v) is 20.1. The van der Waals surface area contributed by atoms with E-state index in [1.54, 1.807) is 0 Å². The van der Waals surface area contributed by atoms with Crippen molar-refractivity contribution in [1.29, 1.82) is 0 Å². The first-order chi connectivity index (χ1) is 1.73. The molecule has 0 atom stereocenters. The van der Waals surface area contributed by atoms with E-state index in [-0.39, 0.29) is 0 Å². The van der Waals surface area contributed by atoms with Crippen LogP contribution in [0.3, 0.4) is 0 Å². The molecule has 0 radical (unpaired) electrons. The fraction of sp³-hybridized carbons (Fsp3) is 0. The molecule has 4 heavy (non-hydrogen) atoms. The van der Waals surface area contributed by atoms with Crippen LogP contribution in [-0.4, -0.2) is 0 Å². The SMILES string of the molecule is [O]=[Zn]([Br])[Br]. The van der Waals surface area contributed by atoms with Crippen LogP contribution in [0.25, 0.3) is 0 Å². The molecule has 0 aliphatic carbocycles. The maximum atomic E-state index is 9.57. The molecule has 0 unspecified atom stereocenters. The van der Waals surface area contributed by atoms with Crippen molar-refractivity contribution in [3.63, 3.8) is 0 Å². The molecule has 0 fully saturated rings. The van der Waals surface area contributed by atoms with Crippen LogP contribution >= 0.6 is 27.2 Å². The van der Waals surface area contributed by atoms with Gasteiger partial charge in [-0.2, -0.15) is 0 Å². The summed E-state index contributed by atoms with van der Waals surface area (Å²) in [5.41, 5.74) is 0.